The van der Waals surface area contributed by atoms with Gasteiger partial charge < -0.3 is 22.6 Å². The maximum absolute atomic E-state index is 11.4. The number of benzene rings is 2. The topological polar surface area (TPSA) is 83.4 Å². The first-order valence-corrected chi connectivity index (χ1v) is 7.23. The normalized spacial score (nSPS) is 10.4. The third kappa shape index (κ3) is 3.12. The molecule has 0 radical (unpaired) electrons. The van der Waals surface area contributed by atoms with Crippen molar-refractivity contribution in [1.29, 1.82) is 0 Å². The number of hydrogen-bond donors (Lipinski definition) is 2. The van der Waals surface area contributed by atoms with Crippen molar-refractivity contribution in [1.82, 2.24) is 4.57 Å². The molecule has 0 saturated heterocycles. The predicted octanol–water partition coefficient (Wildman–Crippen LogP) is -0.725. The molecule has 7 heteroatoms. The average Bonchev–Trinajstić information content (AvgIpc) is 2.93. The van der Waals surface area contributed by atoms with Crippen molar-refractivity contribution in [3.05, 3.63) is 67.0 Å². The molecule has 0 fully saturated rings. The number of aliphatic carboxylic acids is 2. The SMILES string of the molecule is C=Cc1ccccc1-n1c[n+](C(C(=O)O)C(=O)O)c2ccccc21.[Cl-]. The van der Waals surface area contributed by atoms with Crippen molar-refractivity contribution >= 4 is 29.0 Å². The number of carbonyl (C=O) groups is 2. The summed E-state index contributed by atoms with van der Waals surface area (Å²) >= 11 is 0. The van der Waals surface area contributed by atoms with E-state index in [0.29, 0.717) is 11.0 Å². The first-order chi connectivity index (χ1) is 11.5. The summed E-state index contributed by atoms with van der Waals surface area (Å²) in [7, 11) is 0. The Morgan fingerprint density at radius 1 is 1.04 bits per heavy atom. The summed E-state index contributed by atoms with van der Waals surface area (Å²) in [4.78, 5) is 22.9. The molecule has 25 heavy (non-hydrogen) atoms. The molecule has 2 aromatic carbocycles. The van der Waals surface area contributed by atoms with Crippen LogP contribution >= 0.6 is 0 Å². The van der Waals surface area contributed by atoms with E-state index in [1.807, 2.05) is 36.4 Å². The summed E-state index contributed by atoms with van der Waals surface area (Å²) in [5.74, 6) is -2.85. The van der Waals surface area contributed by atoms with E-state index in [0.717, 1.165) is 11.3 Å². The molecule has 0 atom stereocenters. The number of halogens is 1. The van der Waals surface area contributed by atoms with Crippen molar-refractivity contribution < 1.29 is 36.8 Å². The molecule has 0 aliphatic carbocycles. The number of rotatable bonds is 5. The molecule has 0 unspecified atom stereocenters. The minimum atomic E-state index is -1.70. The maximum Gasteiger partial charge on any atom is 0.361 e. The van der Waals surface area contributed by atoms with Crippen molar-refractivity contribution in [2.75, 3.05) is 0 Å². The van der Waals surface area contributed by atoms with Crippen LogP contribution in [0.4, 0.5) is 0 Å². The zero-order valence-electron chi connectivity index (χ0n) is 13.0. The van der Waals surface area contributed by atoms with Crippen molar-refractivity contribution in [3.8, 4) is 5.69 Å². The second-order valence-corrected chi connectivity index (χ2v) is 5.22. The first-order valence-electron chi connectivity index (χ1n) is 7.23. The minimum Gasteiger partial charge on any atom is -1.00 e. The molecule has 128 valence electrons. The van der Waals surface area contributed by atoms with E-state index < -0.39 is 18.0 Å². The van der Waals surface area contributed by atoms with Gasteiger partial charge in [0.1, 0.15) is 5.69 Å². The summed E-state index contributed by atoms with van der Waals surface area (Å²) in [6.07, 6.45) is 3.19. The Balaban J connectivity index is 0.00000225. The van der Waals surface area contributed by atoms with Gasteiger partial charge in [-0.1, -0.05) is 43.0 Å². The number of hydrogen-bond acceptors (Lipinski definition) is 2. The maximum atomic E-state index is 11.4. The molecule has 3 aromatic rings. The number of carboxylic acids is 2. The highest BCUT2D eigenvalue weighted by Crippen LogP contribution is 2.22. The lowest BCUT2D eigenvalue weighted by atomic mass is 10.1. The van der Waals surface area contributed by atoms with Crippen LogP contribution in [0.25, 0.3) is 22.8 Å². The zero-order chi connectivity index (χ0) is 17.3. The zero-order valence-corrected chi connectivity index (χ0v) is 13.8. The van der Waals surface area contributed by atoms with Gasteiger partial charge in [0.15, 0.2) is 11.0 Å². The lowest BCUT2D eigenvalue weighted by Gasteiger charge is -2.03. The summed E-state index contributed by atoms with van der Waals surface area (Å²) in [6.45, 7) is 3.79. The second-order valence-electron chi connectivity index (χ2n) is 5.22. The lowest BCUT2D eigenvalue weighted by molar-refractivity contribution is -0.674. The monoisotopic (exact) mass is 358 g/mol. The Morgan fingerprint density at radius 3 is 2.28 bits per heavy atom. The van der Waals surface area contributed by atoms with Gasteiger partial charge in [0.25, 0.3) is 12.4 Å². The van der Waals surface area contributed by atoms with Gasteiger partial charge in [-0.2, -0.15) is 4.57 Å². The third-order valence-corrected chi connectivity index (χ3v) is 3.82. The fraction of sp³-hybridized carbons (Fsp3) is 0.0556. The van der Waals surface area contributed by atoms with Gasteiger partial charge in [-0.3, -0.25) is 0 Å². The van der Waals surface area contributed by atoms with E-state index in [4.69, 9.17) is 0 Å². The number of carboxylic acid groups (broad SMARTS) is 2. The molecular formula is C18H15ClN2O4. The molecule has 0 bridgehead atoms. The van der Waals surface area contributed by atoms with Crippen molar-refractivity contribution in [2.24, 2.45) is 0 Å². The minimum absolute atomic E-state index is 0. The van der Waals surface area contributed by atoms with E-state index >= 15 is 0 Å². The van der Waals surface area contributed by atoms with E-state index in [2.05, 4.69) is 6.58 Å². The molecule has 0 aliphatic heterocycles. The Kier molecular flexibility index (Phi) is 5.24. The van der Waals surface area contributed by atoms with Crippen LogP contribution in [-0.2, 0) is 9.59 Å². The number of nitrogens with zero attached hydrogens (tertiary/aromatic N) is 2. The van der Waals surface area contributed by atoms with Gasteiger partial charge in [-0.25, -0.2) is 14.2 Å². The van der Waals surface area contributed by atoms with Gasteiger partial charge in [0, 0.05) is 5.56 Å². The molecule has 0 spiro atoms. The second kappa shape index (κ2) is 7.19. The number of imidazole rings is 1. The summed E-state index contributed by atoms with van der Waals surface area (Å²) in [6, 6.07) is 12.8. The van der Waals surface area contributed by atoms with Gasteiger partial charge in [-0.15, -0.1) is 0 Å². The van der Waals surface area contributed by atoms with Crippen molar-refractivity contribution in [2.45, 2.75) is 6.04 Å². The van der Waals surface area contributed by atoms with Crippen LogP contribution in [0, 0.1) is 0 Å². The fourth-order valence-corrected chi connectivity index (χ4v) is 2.76. The number of aromatic nitrogens is 2. The smallest absolute Gasteiger partial charge is 0.361 e. The Labute approximate surface area is 149 Å². The van der Waals surface area contributed by atoms with Crippen molar-refractivity contribution in [3.63, 3.8) is 0 Å². The molecule has 1 aromatic heterocycles. The van der Waals surface area contributed by atoms with Crippen LogP contribution in [0.2, 0.25) is 0 Å². The van der Waals surface area contributed by atoms with Crippen LogP contribution in [0.15, 0.2) is 61.4 Å². The molecule has 0 saturated carbocycles. The highest BCUT2D eigenvalue weighted by Gasteiger charge is 2.35. The molecular weight excluding hydrogens is 344 g/mol. The van der Waals surface area contributed by atoms with Crippen LogP contribution in [0.3, 0.4) is 0 Å². The van der Waals surface area contributed by atoms with Crippen LogP contribution in [-0.4, -0.2) is 26.7 Å². The molecule has 6 nitrogen and oxygen atoms in total. The Morgan fingerprint density at radius 2 is 1.64 bits per heavy atom. The largest absolute Gasteiger partial charge is 1.00 e. The van der Waals surface area contributed by atoms with E-state index in [1.165, 1.54) is 10.9 Å². The highest BCUT2D eigenvalue weighted by molar-refractivity contribution is 5.93. The molecule has 2 N–H and O–H groups in total. The van der Waals surface area contributed by atoms with E-state index in [9.17, 15) is 19.8 Å². The van der Waals surface area contributed by atoms with Crippen LogP contribution < -0.4 is 17.0 Å². The average molecular weight is 359 g/mol. The first kappa shape index (κ1) is 18.2. The van der Waals surface area contributed by atoms with Crippen LogP contribution in [0.5, 0.6) is 0 Å². The lowest BCUT2D eigenvalue weighted by Crippen LogP contribution is -3.00. The van der Waals surface area contributed by atoms with E-state index in [-0.39, 0.29) is 12.4 Å². The molecule has 0 aliphatic rings. The Bertz CT molecular complexity index is 951. The standard InChI is InChI=1S/C18H14N2O4.ClH/c1-2-12-7-3-4-8-13(12)19-11-20(16(17(21)22)18(23)24)15-10-6-5-9-14(15)19;/h2-11,16H,1H2,(H-,21,22,23,24);1H. The number of fused-ring (bicyclic) bond motifs is 1. The summed E-state index contributed by atoms with van der Waals surface area (Å²) in [5.41, 5.74) is 2.87. The summed E-state index contributed by atoms with van der Waals surface area (Å²) < 4.78 is 3.02. The quantitative estimate of drug-likeness (QED) is 0.465. The Hall–Kier alpha value is -3.12. The molecule has 3 rings (SSSR count). The van der Waals surface area contributed by atoms with E-state index in [1.54, 1.807) is 22.8 Å². The summed E-state index contributed by atoms with van der Waals surface area (Å²) in [5, 5.41) is 18.6. The van der Waals surface area contributed by atoms with Crippen LogP contribution in [0.1, 0.15) is 11.6 Å². The fourth-order valence-electron chi connectivity index (χ4n) is 2.76. The number of para-hydroxylation sites is 3. The molecule has 0 amide bonds. The highest BCUT2D eigenvalue weighted by atomic mass is 35.5. The van der Waals surface area contributed by atoms with Gasteiger partial charge in [0.2, 0.25) is 0 Å². The van der Waals surface area contributed by atoms with Gasteiger partial charge >= 0.3 is 11.9 Å². The van der Waals surface area contributed by atoms with Gasteiger partial charge in [-0.05, 0) is 18.2 Å². The predicted molar refractivity (Wildman–Crippen MR) is 87.9 cm³/mol. The third-order valence-electron chi connectivity index (χ3n) is 3.82. The van der Waals surface area contributed by atoms with Gasteiger partial charge in [0.05, 0.1) is 0 Å². The molecule has 1 heterocycles.